The molecule has 0 fully saturated rings. The molecule has 0 bridgehead atoms. The Balaban J connectivity index is 2.15. The van der Waals surface area contributed by atoms with E-state index in [-0.39, 0.29) is 16.2 Å². The molecular weight excluding hydrogens is 338 g/mol. The fraction of sp³-hybridized carbons (Fsp3) is 0.593. The minimum absolute atomic E-state index is 0.138. The summed E-state index contributed by atoms with van der Waals surface area (Å²) in [6.45, 7) is 23.7. The molecule has 1 aliphatic carbocycles. The van der Waals surface area contributed by atoms with Gasteiger partial charge in [0, 0.05) is 17.2 Å². The van der Waals surface area contributed by atoms with Gasteiger partial charge in [-0.15, -0.1) is 0 Å². The van der Waals surface area contributed by atoms with Crippen LogP contribution in [0.3, 0.4) is 0 Å². The topological polar surface area (TPSA) is 3.88 Å². The number of hydrogen-bond acceptors (Lipinski definition) is 0. The van der Waals surface area contributed by atoms with Gasteiger partial charge in [0.15, 0.2) is 6.20 Å². The van der Waals surface area contributed by atoms with Gasteiger partial charge in [-0.2, -0.15) is 0 Å². The van der Waals surface area contributed by atoms with Gasteiger partial charge >= 0.3 is 0 Å². The maximum atomic E-state index is 2.49. The average molecular weight is 379 g/mol. The van der Waals surface area contributed by atoms with E-state index in [0.717, 1.165) is 6.42 Å². The summed E-state index contributed by atoms with van der Waals surface area (Å²) in [4.78, 5) is 0. The Morgan fingerprint density at radius 1 is 0.857 bits per heavy atom. The van der Waals surface area contributed by atoms with Crippen LogP contribution in [0.5, 0.6) is 0 Å². The maximum Gasteiger partial charge on any atom is 0.212 e. The SMILES string of the molecule is Cc1cc2c(cc1-c1ccc(CC(C)(C)C)c[n+]1C)C(C)(C)C(C)(C)C2(C)C. The van der Waals surface area contributed by atoms with Crippen LogP contribution < -0.4 is 4.57 Å². The summed E-state index contributed by atoms with van der Waals surface area (Å²) in [5, 5.41) is 0. The van der Waals surface area contributed by atoms with Crippen LogP contribution >= 0.6 is 0 Å². The van der Waals surface area contributed by atoms with Gasteiger partial charge in [0.1, 0.15) is 7.05 Å². The van der Waals surface area contributed by atoms with Crippen LogP contribution in [0.15, 0.2) is 30.5 Å². The van der Waals surface area contributed by atoms with E-state index in [2.05, 4.69) is 111 Å². The molecule has 0 atom stereocenters. The molecule has 1 heterocycles. The molecular formula is C27H40N+. The van der Waals surface area contributed by atoms with Gasteiger partial charge in [0.2, 0.25) is 5.69 Å². The molecule has 1 aliphatic rings. The molecule has 0 unspecified atom stereocenters. The summed E-state index contributed by atoms with van der Waals surface area (Å²) in [6, 6.07) is 9.57. The van der Waals surface area contributed by atoms with Crippen molar-refractivity contribution in [2.75, 3.05) is 0 Å². The molecule has 0 saturated carbocycles. The van der Waals surface area contributed by atoms with Crippen LogP contribution in [0.2, 0.25) is 0 Å². The molecule has 0 saturated heterocycles. The molecule has 0 amide bonds. The zero-order valence-corrected chi connectivity index (χ0v) is 20.0. The maximum absolute atomic E-state index is 2.49. The largest absolute Gasteiger partial charge is 0.212 e. The average Bonchev–Trinajstić information content (AvgIpc) is 2.62. The van der Waals surface area contributed by atoms with Gasteiger partial charge < -0.3 is 0 Å². The van der Waals surface area contributed by atoms with E-state index in [0.29, 0.717) is 5.41 Å². The Bertz CT molecular complexity index is 920. The van der Waals surface area contributed by atoms with Crippen molar-refractivity contribution in [2.45, 2.75) is 86.5 Å². The van der Waals surface area contributed by atoms with E-state index in [1.54, 1.807) is 0 Å². The first-order valence-corrected chi connectivity index (χ1v) is 10.7. The highest BCUT2D eigenvalue weighted by Gasteiger charge is 2.56. The van der Waals surface area contributed by atoms with Crippen molar-refractivity contribution in [2.24, 2.45) is 17.9 Å². The zero-order valence-electron chi connectivity index (χ0n) is 20.0. The minimum Gasteiger partial charge on any atom is -0.201 e. The number of rotatable bonds is 2. The lowest BCUT2D eigenvalue weighted by Crippen LogP contribution is -2.42. The van der Waals surface area contributed by atoms with Crippen molar-refractivity contribution in [3.63, 3.8) is 0 Å². The highest BCUT2D eigenvalue weighted by Crippen LogP contribution is 2.62. The lowest BCUT2D eigenvalue weighted by molar-refractivity contribution is -0.660. The highest BCUT2D eigenvalue weighted by molar-refractivity contribution is 5.67. The second-order valence-corrected chi connectivity index (χ2v) is 11.9. The molecule has 0 spiro atoms. The predicted octanol–water partition coefficient (Wildman–Crippen LogP) is 6.67. The molecule has 1 nitrogen and oxygen atoms in total. The quantitative estimate of drug-likeness (QED) is 0.514. The standard InChI is InChI=1S/C27H40N/c1-18-14-21-22(26(7,8)27(9,10)25(21,5)6)15-20(18)23-13-12-19(17-28(23)11)16-24(2,3)4/h12-15,17H,16H2,1-11H3/q+1. The minimum atomic E-state index is 0.138. The monoisotopic (exact) mass is 378 g/mol. The van der Waals surface area contributed by atoms with Crippen molar-refractivity contribution in [3.8, 4) is 11.3 Å². The van der Waals surface area contributed by atoms with E-state index < -0.39 is 0 Å². The van der Waals surface area contributed by atoms with Crippen LogP contribution in [0.1, 0.15) is 84.6 Å². The number of benzene rings is 1. The lowest BCUT2D eigenvalue weighted by atomic mass is 9.59. The van der Waals surface area contributed by atoms with Gasteiger partial charge in [-0.1, -0.05) is 68.4 Å². The molecule has 2 aromatic rings. The second-order valence-electron chi connectivity index (χ2n) is 11.9. The summed E-state index contributed by atoms with van der Waals surface area (Å²) in [5.41, 5.74) is 9.29. The van der Waals surface area contributed by atoms with Gasteiger partial charge in [-0.05, 0) is 63.8 Å². The van der Waals surface area contributed by atoms with Crippen molar-refractivity contribution < 1.29 is 4.57 Å². The molecule has 28 heavy (non-hydrogen) atoms. The number of hydrogen-bond donors (Lipinski definition) is 0. The van der Waals surface area contributed by atoms with E-state index in [4.69, 9.17) is 0 Å². The summed E-state index contributed by atoms with van der Waals surface area (Å²) in [6.07, 6.45) is 3.41. The van der Waals surface area contributed by atoms with Gasteiger partial charge in [0.05, 0.1) is 0 Å². The van der Waals surface area contributed by atoms with E-state index >= 15 is 0 Å². The summed E-state index contributed by atoms with van der Waals surface area (Å²) < 4.78 is 2.31. The van der Waals surface area contributed by atoms with Crippen LogP contribution in [0, 0.1) is 17.8 Å². The summed E-state index contributed by atoms with van der Waals surface area (Å²) in [7, 11) is 2.19. The zero-order chi connectivity index (χ0) is 21.3. The normalized spacial score (nSPS) is 19.5. The smallest absolute Gasteiger partial charge is 0.201 e. The molecule has 1 aromatic carbocycles. The van der Waals surface area contributed by atoms with Crippen molar-refractivity contribution in [1.82, 2.24) is 0 Å². The van der Waals surface area contributed by atoms with Crippen LogP contribution in [0.25, 0.3) is 11.3 Å². The van der Waals surface area contributed by atoms with E-state index in [9.17, 15) is 0 Å². The number of pyridine rings is 1. The Morgan fingerprint density at radius 2 is 1.39 bits per heavy atom. The van der Waals surface area contributed by atoms with Crippen molar-refractivity contribution in [3.05, 3.63) is 52.7 Å². The first-order valence-electron chi connectivity index (χ1n) is 10.7. The Kier molecular flexibility index (Phi) is 4.66. The van der Waals surface area contributed by atoms with Gasteiger partial charge in [0.25, 0.3) is 0 Å². The Labute approximate surface area is 173 Å². The molecule has 0 N–H and O–H groups in total. The fourth-order valence-corrected chi connectivity index (χ4v) is 5.13. The van der Waals surface area contributed by atoms with Crippen LogP contribution in [0.4, 0.5) is 0 Å². The van der Waals surface area contributed by atoms with Crippen molar-refractivity contribution in [1.29, 1.82) is 0 Å². The number of aryl methyl sites for hydroxylation is 2. The van der Waals surface area contributed by atoms with E-state index in [1.165, 1.54) is 33.5 Å². The van der Waals surface area contributed by atoms with E-state index in [1.807, 2.05) is 0 Å². The fourth-order valence-electron chi connectivity index (χ4n) is 5.13. The predicted molar refractivity (Wildman–Crippen MR) is 121 cm³/mol. The first-order chi connectivity index (χ1) is 12.6. The Hall–Kier alpha value is -1.63. The number of nitrogens with zero attached hydrogens (tertiary/aromatic N) is 1. The molecule has 1 heteroatoms. The van der Waals surface area contributed by atoms with Gasteiger partial charge in [-0.25, -0.2) is 4.57 Å². The summed E-state index contributed by atoms with van der Waals surface area (Å²) >= 11 is 0. The third-order valence-corrected chi connectivity index (χ3v) is 8.04. The lowest BCUT2D eigenvalue weighted by Gasteiger charge is -2.44. The van der Waals surface area contributed by atoms with Crippen molar-refractivity contribution >= 4 is 0 Å². The van der Waals surface area contributed by atoms with Crippen LogP contribution in [-0.4, -0.2) is 0 Å². The van der Waals surface area contributed by atoms with Gasteiger partial charge in [-0.3, -0.25) is 0 Å². The third-order valence-electron chi connectivity index (χ3n) is 8.04. The summed E-state index contributed by atoms with van der Waals surface area (Å²) in [5.74, 6) is 0. The Morgan fingerprint density at radius 3 is 1.89 bits per heavy atom. The number of fused-ring (bicyclic) bond motifs is 1. The first kappa shape index (κ1) is 21.1. The second kappa shape index (κ2) is 6.18. The number of aromatic nitrogens is 1. The third kappa shape index (κ3) is 3.02. The highest BCUT2D eigenvalue weighted by atomic mass is 14.9. The molecule has 3 rings (SSSR count). The molecule has 152 valence electrons. The van der Waals surface area contributed by atoms with Crippen LogP contribution in [-0.2, 0) is 24.3 Å². The molecule has 1 aromatic heterocycles. The molecule has 0 radical (unpaired) electrons. The molecule has 0 aliphatic heterocycles.